The number of aryl methyl sites for hydroxylation is 2. The van der Waals surface area contributed by atoms with E-state index >= 15 is 0 Å². The highest BCUT2D eigenvalue weighted by molar-refractivity contribution is 6.30. The van der Waals surface area contributed by atoms with Gasteiger partial charge in [0.2, 0.25) is 0 Å². The molecular weight excluding hydrogens is 316 g/mol. The van der Waals surface area contributed by atoms with Crippen molar-refractivity contribution in [3.63, 3.8) is 0 Å². The van der Waals surface area contributed by atoms with Gasteiger partial charge < -0.3 is 5.32 Å². The molecule has 0 aromatic carbocycles. The van der Waals surface area contributed by atoms with Crippen molar-refractivity contribution in [2.45, 2.75) is 26.3 Å². The van der Waals surface area contributed by atoms with E-state index in [0.29, 0.717) is 34.3 Å². The molecule has 0 bridgehead atoms. The molecule has 3 aromatic rings. The van der Waals surface area contributed by atoms with Gasteiger partial charge in [0.05, 0.1) is 16.8 Å². The number of amides is 1. The summed E-state index contributed by atoms with van der Waals surface area (Å²) >= 11 is 6.04. The van der Waals surface area contributed by atoms with Gasteiger partial charge in [0, 0.05) is 13.2 Å². The fraction of sp³-hybridized carbons (Fsp3) is 0.333. The van der Waals surface area contributed by atoms with E-state index in [-0.39, 0.29) is 11.9 Å². The van der Waals surface area contributed by atoms with Crippen molar-refractivity contribution >= 4 is 23.2 Å². The zero-order chi connectivity index (χ0) is 16.6. The number of aromatic nitrogens is 5. The summed E-state index contributed by atoms with van der Waals surface area (Å²) in [4.78, 5) is 21.4. The van der Waals surface area contributed by atoms with Crippen LogP contribution in [-0.2, 0) is 7.05 Å². The Hall–Kier alpha value is -2.41. The molecule has 8 heteroatoms. The number of carbonyl (C=O) groups is 1. The predicted molar refractivity (Wildman–Crippen MR) is 86.4 cm³/mol. The van der Waals surface area contributed by atoms with Crippen molar-refractivity contribution in [3.8, 4) is 0 Å². The summed E-state index contributed by atoms with van der Waals surface area (Å²) in [6.07, 6.45) is 3.87. The number of hydrogen-bond donors (Lipinski definition) is 1. The molecule has 3 aromatic heterocycles. The lowest BCUT2D eigenvalue weighted by Gasteiger charge is -2.16. The van der Waals surface area contributed by atoms with Crippen LogP contribution in [0.5, 0.6) is 0 Å². The van der Waals surface area contributed by atoms with Gasteiger partial charge in [-0.05, 0) is 25.5 Å². The largest absolute Gasteiger partial charge is 0.341 e. The van der Waals surface area contributed by atoms with Gasteiger partial charge in [-0.1, -0.05) is 18.5 Å². The van der Waals surface area contributed by atoms with E-state index in [1.165, 1.54) is 6.33 Å². The highest BCUT2D eigenvalue weighted by Gasteiger charge is 2.22. The first-order valence-electron chi connectivity index (χ1n) is 7.30. The standard InChI is InChI=1S/C15H17ClN6O/c1-4-11(14-17-8-18-21(14)3)20-15(23)13-9(2)19-12-6-5-10(16)7-22(12)13/h5-8,11H,4H2,1-3H3,(H,20,23). The van der Waals surface area contributed by atoms with Crippen molar-refractivity contribution < 1.29 is 4.79 Å². The molecule has 0 radical (unpaired) electrons. The fourth-order valence-electron chi connectivity index (χ4n) is 2.61. The molecule has 120 valence electrons. The summed E-state index contributed by atoms with van der Waals surface area (Å²) in [6.45, 7) is 3.79. The third-order valence-corrected chi connectivity index (χ3v) is 3.97. The van der Waals surface area contributed by atoms with Gasteiger partial charge in [0.15, 0.2) is 0 Å². The summed E-state index contributed by atoms with van der Waals surface area (Å²) in [6, 6.07) is 3.31. The Morgan fingerprint density at radius 2 is 2.22 bits per heavy atom. The van der Waals surface area contributed by atoms with Gasteiger partial charge in [-0.25, -0.2) is 9.97 Å². The number of fused-ring (bicyclic) bond motifs is 1. The van der Waals surface area contributed by atoms with E-state index in [1.807, 2.05) is 6.92 Å². The topological polar surface area (TPSA) is 77.1 Å². The zero-order valence-electron chi connectivity index (χ0n) is 13.1. The highest BCUT2D eigenvalue weighted by Crippen LogP contribution is 2.18. The number of imidazole rings is 1. The van der Waals surface area contributed by atoms with Crippen LogP contribution in [-0.4, -0.2) is 30.1 Å². The number of nitrogens with one attached hydrogen (secondary N) is 1. The summed E-state index contributed by atoms with van der Waals surface area (Å²) in [7, 11) is 1.80. The lowest BCUT2D eigenvalue weighted by molar-refractivity contribution is 0.0926. The monoisotopic (exact) mass is 332 g/mol. The van der Waals surface area contributed by atoms with Crippen LogP contribution in [0.1, 0.15) is 41.4 Å². The maximum atomic E-state index is 12.8. The lowest BCUT2D eigenvalue weighted by atomic mass is 10.2. The van der Waals surface area contributed by atoms with Crippen LogP contribution in [0.25, 0.3) is 5.65 Å². The van der Waals surface area contributed by atoms with Crippen molar-refractivity contribution in [3.05, 3.63) is 46.9 Å². The van der Waals surface area contributed by atoms with Crippen LogP contribution in [0, 0.1) is 6.92 Å². The van der Waals surface area contributed by atoms with Crippen LogP contribution in [0.15, 0.2) is 24.7 Å². The number of halogens is 1. The second-order valence-corrected chi connectivity index (χ2v) is 5.73. The molecule has 0 saturated carbocycles. The van der Waals surface area contributed by atoms with Crippen LogP contribution >= 0.6 is 11.6 Å². The molecule has 0 aliphatic rings. The molecule has 0 spiro atoms. The third kappa shape index (κ3) is 2.79. The minimum atomic E-state index is -0.223. The maximum Gasteiger partial charge on any atom is 0.270 e. The summed E-state index contributed by atoms with van der Waals surface area (Å²) in [5.74, 6) is 0.498. The SMILES string of the molecule is CCC(NC(=O)c1c(C)nc2ccc(Cl)cn12)c1ncnn1C. The third-order valence-electron chi connectivity index (χ3n) is 3.74. The van der Waals surface area contributed by atoms with Crippen molar-refractivity contribution in [1.82, 2.24) is 29.5 Å². The first kappa shape index (κ1) is 15.5. The molecule has 3 rings (SSSR count). The van der Waals surface area contributed by atoms with Crippen LogP contribution < -0.4 is 5.32 Å². The smallest absolute Gasteiger partial charge is 0.270 e. The van der Waals surface area contributed by atoms with E-state index in [1.54, 1.807) is 41.4 Å². The Kier molecular flexibility index (Phi) is 4.04. The summed E-state index contributed by atoms with van der Waals surface area (Å²) in [5, 5.41) is 7.60. The molecule has 0 fully saturated rings. The normalized spacial score (nSPS) is 12.5. The molecule has 0 aliphatic carbocycles. The number of hydrogen-bond acceptors (Lipinski definition) is 4. The van der Waals surface area contributed by atoms with Crippen molar-refractivity contribution in [2.24, 2.45) is 7.05 Å². The maximum absolute atomic E-state index is 12.8. The Bertz CT molecular complexity index is 868. The molecule has 3 heterocycles. The van der Waals surface area contributed by atoms with Crippen molar-refractivity contribution in [2.75, 3.05) is 0 Å². The quantitative estimate of drug-likeness (QED) is 0.795. The van der Waals surface area contributed by atoms with E-state index in [4.69, 9.17) is 11.6 Å². The van der Waals surface area contributed by atoms with Crippen LogP contribution in [0.3, 0.4) is 0 Å². The summed E-state index contributed by atoms with van der Waals surface area (Å²) in [5.41, 5.74) is 1.81. The minimum absolute atomic E-state index is 0.216. The van der Waals surface area contributed by atoms with Crippen LogP contribution in [0.2, 0.25) is 5.02 Å². The Morgan fingerprint density at radius 1 is 1.43 bits per heavy atom. The van der Waals surface area contributed by atoms with Crippen LogP contribution in [0.4, 0.5) is 0 Å². The summed E-state index contributed by atoms with van der Waals surface area (Å²) < 4.78 is 3.36. The molecule has 1 amide bonds. The van der Waals surface area contributed by atoms with E-state index in [0.717, 1.165) is 0 Å². The molecule has 0 saturated heterocycles. The van der Waals surface area contributed by atoms with Gasteiger partial charge in [0.1, 0.15) is 23.5 Å². The molecular formula is C15H17ClN6O. The van der Waals surface area contributed by atoms with Gasteiger partial charge >= 0.3 is 0 Å². The second-order valence-electron chi connectivity index (χ2n) is 5.30. The Balaban J connectivity index is 1.96. The zero-order valence-corrected chi connectivity index (χ0v) is 13.9. The number of carbonyl (C=O) groups excluding carboxylic acids is 1. The average Bonchev–Trinajstić information content (AvgIpc) is 3.07. The fourth-order valence-corrected chi connectivity index (χ4v) is 2.77. The number of nitrogens with zero attached hydrogens (tertiary/aromatic N) is 5. The highest BCUT2D eigenvalue weighted by atomic mass is 35.5. The molecule has 7 nitrogen and oxygen atoms in total. The molecule has 1 atom stereocenters. The number of rotatable bonds is 4. The first-order chi connectivity index (χ1) is 11.0. The van der Waals surface area contributed by atoms with E-state index in [9.17, 15) is 4.79 Å². The average molecular weight is 333 g/mol. The minimum Gasteiger partial charge on any atom is -0.341 e. The van der Waals surface area contributed by atoms with Gasteiger partial charge in [-0.15, -0.1) is 0 Å². The first-order valence-corrected chi connectivity index (χ1v) is 7.68. The van der Waals surface area contributed by atoms with E-state index < -0.39 is 0 Å². The Morgan fingerprint density at radius 3 is 2.87 bits per heavy atom. The van der Waals surface area contributed by atoms with E-state index in [2.05, 4.69) is 20.4 Å². The molecule has 1 unspecified atom stereocenters. The molecule has 1 N–H and O–H groups in total. The lowest BCUT2D eigenvalue weighted by Crippen LogP contribution is -2.31. The number of pyridine rings is 1. The molecule has 23 heavy (non-hydrogen) atoms. The van der Waals surface area contributed by atoms with Gasteiger partial charge in [-0.2, -0.15) is 5.10 Å². The van der Waals surface area contributed by atoms with Gasteiger partial charge in [0.25, 0.3) is 5.91 Å². The van der Waals surface area contributed by atoms with Gasteiger partial charge in [-0.3, -0.25) is 13.9 Å². The van der Waals surface area contributed by atoms with Crippen molar-refractivity contribution in [1.29, 1.82) is 0 Å². The Labute approximate surface area is 138 Å². The molecule has 0 aliphatic heterocycles. The second kappa shape index (κ2) is 6.00. The predicted octanol–water partition coefficient (Wildman–Crippen LogP) is 2.31.